The second kappa shape index (κ2) is 11.6. The van der Waals surface area contributed by atoms with Crippen molar-refractivity contribution in [2.75, 3.05) is 19.6 Å². The zero-order chi connectivity index (χ0) is 20.4. The molecule has 0 saturated carbocycles. The number of hydrogen-bond donors (Lipinski definition) is 1. The maximum absolute atomic E-state index is 12.4. The van der Waals surface area contributed by atoms with Crippen molar-refractivity contribution >= 4 is 17.6 Å². The molecule has 0 bridgehead atoms. The molecule has 1 N–H and O–H groups in total. The molecule has 5 heteroatoms. The third-order valence-electron chi connectivity index (χ3n) is 5.55. The Kier molecular flexibility index (Phi) is 9.18. The minimum atomic E-state index is 0.00406. The van der Waals surface area contributed by atoms with Crippen LogP contribution >= 0.6 is 0 Å². The summed E-state index contributed by atoms with van der Waals surface area (Å²) in [5.74, 6) is 0.149. The number of rotatable bonds is 10. The molecule has 0 unspecified atom stereocenters. The molecule has 0 aliphatic carbocycles. The second-order valence-corrected chi connectivity index (χ2v) is 7.63. The van der Waals surface area contributed by atoms with Gasteiger partial charge in [0.2, 0.25) is 11.8 Å². The molecule has 0 aromatic heterocycles. The van der Waals surface area contributed by atoms with Gasteiger partial charge in [-0.25, -0.2) is 0 Å². The maximum Gasteiger partial charge on any atom is 0.223 e. The van der Waals surface area contributed by atoms with Gasteiger partial charge in [-0.3, -0.25) is 14.4 Å². The van der Waals surface area contributed by atoms with Crippen LogP contribution in [0.15, 0.2) is 24.3 Å². The molecule has 1 aromatic rings. The predicted molar refractivity (Wildman–Crippen MR) is 111 cm³/mol. The number of nitrogens with one attached hydrogen (secondary N) is 1. The Balaban J connectivity index is 1.69. The van der Waals surface area contributed by atoms with Crippen LogP contribution in [0.25, 0.3) is 0 Å². The number of Topliss-reactive ketones (excluding diaryl/α,β-unsaturated/α-hetero) is 1. The zero-order valence-corrected chi connectivity index (χ0v) is 17.3. The summed E-state index contributed by atoms with van der Waals surface area (Å²) in [7, 11) is 0. The van der Waals surface area contributed by atoms with Crippen LogP contribution in [0.3, 0.4) is 0 Å². The molecule has 0 spiro atoms. The first kappa shape index (κ1) is 22.1. The van der Waals surface area contributed by atoms with Crippen molar-refractivity contribution in [2.24, 2.45) is 5.92 Å². The van der Waals surface area contributed by atoms with E-state index in [2.05, 4.69) is 19.2 Å². The number of likely N-dealkylation sites (tertiary alicyclic amines) is 1. The largest absolute Gasteiger partial charge is 0.356 e. The highest BCUT2D eigenvalue weighted by molar-refractivity contribution is 5.98. The first-order valence-electron chi connectivity index (χ1n) is 10.7. The lowest BCUT2D eigenvalue weighted by atomic mass is 9.95. The summed E-state index contributed by atoms with van der Waals surface area (Å²) in [6, 6.07) is 7.62. The lowest BCUT2D eigenvalue weighted by Crippen LogP contribution is -2.43. The summed E-state index contributed by atoms with van der Waals surface area (Å²) in [6.45, 7) is 6.17. The van der Waals surface area contributed by atoms with Crippen molar-refractivity contribution in [1.29, 1.82) is 0 Å². The fourth-order valence-electron chi connectivity index (χ4n) is 3.57. The standard InChI is InChI=1S/C23H34N2O3/c1-3-5-6-15-24-23(28)20-13-16-25(17-14-20)22(27)12-11-21(26)19-9-7-18(4-2)8-10-19/h7-10,20H,3-6,11-17H2,1-2H3,(H,24,28). The second-order valence-electron chi connectivity index (χ2n) is 7.63. The highest BCUT2D eigenvalue weighted by Gasteiger charge is 2.27. The number of amides is 2. The summed E-state index contributed by atoms with van der Waals surface area (Å²) < 4.78 is 0. The van der Waals surface area contributed by atoms with Gasteiger partial charge < -0.3 is 10.2 Å². The highest BCUT2D eigenvalue weighted by Crippen LogP contribution is 2.19. The topological polar surface area (TPSA) is 66.5 Å². The maximum atomic E-state index is 12.4. The quantitative estimate of drug-likeness (QED) is 0.492. The van der Waals surface area contributed by atoms with Crippen molar-refractivity contribution in [3.05, 3.63) is 35.4 Å². The number of carbonyl (C=O) groups excluding carboxylic acids is 3. The number of carbonyl (C=O) groups is 3. The van der Waals surface area contributed by atoms with Crippen molar-refractivity contribution in [3.8, 4) is 0 Å². The van der Waals surface area contributed by atoms with Crippen LogP contribution in [0.2, 0.25) is 0 Å². The Morgan fingerprint density at radius 3 is 2.29 bits per heavy atom. The van der Waals surface area contributed by atoms with E-state index >= 15 is 0 Å². The Morgan fingerprint density at radius 1 is 1.00 bits per heavy atom. The van der Waals surface area contributed by atoms with Gasteiger partial charge >= 0.3 is 0 Å². The molecular weight excluding hydrogens is 352 g/mol. The van der Waals surface area contributed by atoms with Crippen LogP contribution in [0.4, 0.5) is 0 Å². The minimum Gasteiger partial charge on any atom is -0.356 e. The molecule has 5 nitrogen and oxygen atoms in total. The normalized spacial score (nSPS) is 14.7. The smallest absolute Gasteiger partial charge is 0.223 e. The Hall–Kier alpha value is -2.17. The van der Waals surface area contributed by atoms with Crippen molar-refractivity contribution in [1.82, 2.24) is 10.2 Å². The summed E-state index contributed by atoms with van der Waals surface area (Å²) >= 11 is 0. The van der Waals surface area contributed by atoms with Crippen molar-refractivity contribution in [2.45, 2.75) is 65.2 Å². The number of ketones is 1. The first-order valence-corrected chi connectivity index (χ1v) is 10.7. The molecule has 1 aromatic carbocycles. The van der Waals surface area contributed by atoms with E-state index in [0.29, 0.717) is 31.5 Å². The van der Waals surface area contributed by atoms with Crippen LogP contribution in [0.1, 0.15) is 74.7 Å². The average molecular weight is 387 g/mol. The van der Waals surface area contributed by atoms with Gasteiger partial charge in [-0.2, -0.15) is 0 Å². The molecular formula is C23H34N2O3. The van der Waals surface area contributed by atoms with E-state index in [-0.39, 0.29) is 36.4 Å². The SMILES string of the molecule is CCCCCNC(=O)C1CCN(C(=O)CCC(=O)c2ccc(CC)cc2)CC1. The highest BCUT2D eigenvalue weighted by atomic mass is 16.2. The molecule has 1 heterocycles. The Labute approximate surface area is 168 Å². The van der Waals surface area contributed by atoms with E-state index in [1.165, 1.54) is 5.56 Å². The van der Waals surface area contributed by atoms with E-state index in [1.54, 1.807) is 4.90 Å². The van der Waals surface area contributed by atoms with Gasteiger partial charge in [0.05, 0.1) is 0 Å². The van der Waals surface area contributed by atoms with E-state index < -0.39 is 0 Å². The number of piperidine rings is 1. The van der Waals surface area contributed by atoms with E-state index in [4.69, 9.17) is 0 Å². The third-order valence-corrected chi connectivity index (χ3v) is 5.55. The molecule has 0 atom stereocenters. The van der Waals surface area contributed by atoms with Gasteiger partial charge in [0, 0.05) is 44.0 Å². The summed E-state index contributed by atoms with van der Waals surface area (Å²) in [4.78, 5) is 38.7. The molecule has 1 aliphatic rings. The van der Waals surface area contributed by atoms with E-state index in [0.717, 1.165) is 32.2 Å². The van der Waals surface area contributed by atoms with Gasteiger partial charge in [-0.15, -0.1) is 0 Å². The third kappa shape index (κ3) is 6.77. The predicted octanol–water partition coefficient (Wildman–Crippen LogP) is 3.76. The van der Waals surface area contributed by atoms with Crippen LogP contribution in [-0.4, -0.2) is 42.1 Å². The lowest BCUT2D eigenvalue weighted by Gasteiger charge is -2.31. The van der Waals surface area contributed by atoms with Gasteiger partial charge in [0.15, 0.2) is 5.78 Å². The molecule has 154 valence electrons. The lowest BCUT2D eigenvalue weighted by molar-refractivity contribution is -0.135. The first-order chi connectivity index (χ1) is 13.5. The average Bonchev–Trinajstić information content (AvgIpc) is 2.74. The van der Waals surface area contributed by atoms with E-state index in [9.17, 15) is 14.4 Å². The van der Waals surface area contributed by atoms with Crippen molar-refractivity contribution in [3.63, 3.8) is 0 Å². The number of benzene rings is 1. The molecule has 28 heavy (non-hydrogen) atoms. The van der Waals surface area contributed by atoms with Crippen molar-refractivity contribution < 1.29 is 14.4 Å². The number of aryl methyl sites for hydroxylation is 1. The Bertz CT molecular complexity index is 646. The monoisotopic (exact) mass is 386 g/mol. The molecule has 1 fully saturated rings. The van der Waals surface area contributed by atoms with Gasteiger partial charge in [0.25, 0.3) is 0 Å². The fraction of sp³-hybridized carbons (Fsp3) is 0.609. The molecule has 2 rings (SSSR count). The molecule has 0 radical (unpaired) electrons. The number of nitrogens with zero attached hydrogens (tertiary/aromatic N) is 1. The summed E-state index contributed by atoms with van der Waals surface area (Å²) in [6.07, 6.45) is 6.13. The molecule has 1 saturated heterocycles. The minimum absolute atomic E-state index is 0.00406. The van der Waals surface area contributed by atoms with Gasteiger partial charge in [0.1, 0.15) is 0 Å². The van der Waals surface area contributed by atoms with Crippen LogP contribution in [0.5, 0.6) is 0 Å². The number of unbranched alkanes of at least 4 members (excludes halogenated alkanes) is 2. The molecule has 2 amide bonds. The van der Waals surface area contributed by atoms with Gasteiger partial charge in [-0.05, 0) is 31.2 Å². The van der Waals surface area contributed by atoms with Crippen LogP contribution in [0, 0.1) is 5.92 Å². The Morgan fingerprint density at radius 2 is 1.68 bits per heavy atom. The zero-order valence-electron chi connectivity index (χ0n) is 17.3. The van der Waals surface area contributed by atoms with Crippen LogP contribution in [-0.2, 0) is 16.0 Å². The fourth-order valence-corrected chi connectivity index (χ4v) is 3.57. The van der Waals surface area contributed by atoms with E-state index in [1.807, 2.05) is 24.3 Å². The number of hydrogen-bond acceptors (Lipinski definition) is 3. The summed E-state index contributed by atoms with van der Waals surface area (Å²) in [5.41, 5.74) is 1.87. The van der Waals surface area contributed by atoms with Crippen LogP contribution < -0.4 is 5.32 Å². The molecule has 1 aliphatic heterocycles. The van der Waals surface area contributed by atoms with Gasteiger partial charge in [-0.1, -0.05) is 51.0 Å². The summed E-state index contributed by atoms with van der Waals surface area (Å²) in [5, 5.41) is 3.01.